The zero-order valence-corrected chi connectivity index (χ0v) is 16.4. The minimum atomic E-state index is -4.03. The van der Waals surface area contributed by atoms with E-state index in [0.29, 0.717) is 4.90 Å². The average molecular weight is 422 g/mol. The van der Waals surface area contributed by atoms with Crippen molar-refractivity contribution in [2.24, 2.45) is 0 Å². The quantitative estimate of drug-likeness (QED) is 0.481. The van der Waals surface area contributed by atoms with Crippen molar-refractivity contribution in [1.82, 2.24) is 10.2 Å². The summed E-state index contributed by atoms with van der Waals surface area (Å²) in [5.41, 5.74) is 0.399. The largest absolute Gasteiger partial charge is 0.477 e. The zero-order chi connectivity index (χ0) is 21.5. The van der Waals surface area contributed by atoms with E-state index in [1.54, 1.807) is 12.1 Å². The first kappa shape index (κ1) is 20.5. The fraction of sp³-hybridized carbons (Fsp3) is 0.333. The lowest BCUT2D eigenvalue weighted by atomic mass is 10.0. The molecular weight excluding hydrogens is 404 g/mol. The average Bonchev–Trinajstić information content (AvgIpc) is 2.63. The summed E-state index contributed by atoms with van der Waals surface area (Å²) < 4.78 is 30.1. The number of nitrogens with one attached hydrogen (secondary N) is 1. The number of β-lactam (4-membered cyclic amide) rings is 1. The molecule has 3 rings (SSSR count). The van der Waals surface area contributed by atoms with Crippen LogP contribution in [0.1, 0.15) is 22.8 Å². The monoisotopic (exact) mass is 422 g/mol. The van der Waals surface area contributed by atoms with Gasteiger partial charge in [-0.3, -0.25) is 19.3 Å². The van der Waals surface area contributed by atoms with Crippen molar-refractivity contribution in [3.63, 3.8) is 0 Å². The number of aliphatic carboxylic acids is 1. The highest BCUT2D eigenvalue weighted by molar-refractivity contribution is 7.92. The van der Waals surface area contributed by atoms with Crippen LogP contribution in [0.4, 0.5) is 0 Å². The van der Waals surface area contributed by atoms with Crippen molar-refractivity contribution in [2.45, 2.75) is 25.3 Å². The van der Waals surface area contributed by atoms with Crippen LogP contribution in [-0.2, 0) is 29.0 Å². The third kappa shape index (κ3) is 3.73. The lowest BCUT2D eigenvalue weighted by Gasteiger charge is -2.48. The first-order chi connectivity index (χ1) is 13.5. The van der Waals surface area contributed by atoms with E-state index in [0.717, 1.165) is 12.5 Å². The summed E-state index contributed by atoms with van der Waals surface area (Å²) in [6, 6.07) is 5.03. The van der Waals surface area contributed by atoms with Gasteiger partial charge in [-0.1, -0.05) is 17.7 Å². The van der Waals surface area contributed by atoms with E-state index in [9.17, 15) is 32.7 Å². The Balaban J connectivity index is 1.89. The van der Waals surface area contributed by atoms with Gasteiger partial charge in [0.25, 0.3) is 11.8 Å². The number of aryl methyl sites for hydroxylation is 1. The Labute approximate surface area is 166 Å². The van der Waals surface area contributed by atoms with Crippen LogP contribution in [0.3, 0.4) is 0 Å². The van der Waals surface area contributed by atoms with Crippen molar-refractivity contribution in [3.05, 3.63) is 46.7 Å². The van der Waals surface area contributed by atoms with Crippen LogP contribution < -0.4 is 5.32 Å². The Morgan fingerprint density at radius 3 is 2.41 bits per heavy atom. The van der Waals surface area contributed by atoms with Crippen molar-refractivity contribution >= 4 is 33.6 Å². The van der Waals surface area contributed by atoms with Gasteiger partial charge in [0.2, 0.25) is 0 Å². The Bertz CT molecular complexity index is 1040. The Hall–Kier alpha value is -3.21. The molecule has 0 radical (unpaired) electrons. The summed E-state index contributed by atoms with van der Waals surface area (Å²) in [6.07, 6.45) is 0. The molecule has 2 amide bonds. The number of carboxylic acid groups (broad SMARTS) is 1. The van der Waals surface area contributed by atoms with Gasteiger partial charge in [0.15, 0.2) is 15.2 Å². The van der Waals surface area contributed by atoms with E-state index in [1.807, 2.05) is 6.92 Å². The number of hydrogen-bond acceptors (Lipinski definition) is 7. The molecule has 1 aromatic rings. The molecule has 0 saturated carbocycles. The van der Waals surface area contributed by atoms with Crippen LogP contribution in [-0.4, -0.2) is 66.0 Å². The van der Waals surface area contributed by atoms with Gasteiger partial charge in [0.05, 0.1) is 5.75 Å². The van der Waals surface area contributed by atoms with E-state index in [-0.39, 0.29) is 11.1 Å². The van der Waals surface area contributed by atoms with Crippen molar-refractivity contribution in [3.8, 4) is 0 Å². The molecule has 2 N–H and O–H groups in total. The van der Waals surface area contributed by atoms with Gasteiger partial charge in [-0.05, 0) is 19.1 Å². The number of carbonyl (C=O) groups excluding carboxylic acids is 3. The maximum Gasteiger partial charge on any atom is 0.352 e. The van der Waals surface area contributed by atoms with Crippen LogP contribution in [0.2, 0.25) is 0 Å². The third-order valence-corrected chi connectivity index (χ3v) is 6.58. The number of amides is 2. The van der Waals surface area contributed by atoms with Crippen molar-refractivity contribution < 1.29 is 37.4 Å². The van der Waals surface area contributed by atoms with Crippen LogP contribution in [0.15, 0.2) is 35.5 Å². The summed E-state index contributed by atoms with van der Waals surface area (Å²) >= 11 is 0. The summed E-state index contributed by atoms with van der Waals surface area (Å²) in [5.74, 6) is -4.46. The smallest absolute Gasteiger partial charge is 0.352 e. The van der Waals surface area contributed by atoms with Gasteiger partial charge in [-0.2, -0.15) is 0 Å². The molecule has 2 heterocycles. The Kier molecular flexibility index (Phi) is 5.18. The normalized spacial score (nSPS) is 22.4. The number of carboxylic acids is 1. The predicted molar refractivity (Wildman–Crippen MR) is 98.1 cm³/mol. The fourth-order valence-electron chi connectivity index (χ4n) is 3.25. The predicted octanol–water partition coefficient (Wildman–Crippen LogP) is -0.408. The van der Waals surface area contributed by atoms with Gasteiger partial charge in [-0.15, -0.1) is 0 Å². The molecule has 0 aromatic heterocycles. The topological polar surface area (TPSA) is 147 Å². The minimum absolute atomic E-state index is 0.208. The standard InChI is InChI=1S/C18H18N2O8S/c1-9-3-5-11(6-4-9)15(22)19-13-16(23)20-14(18(24)25)12(7-28-10(2)21)8-29(26,27)17(13)20/h3-6,13,17H,7-8H2,1-2H3,(H,19,22)(H,24,25)/t13?,17-/m1/s1. The molecule has 2 atom stereocenters. The van der Waals surface area contributed by atoms with Crippen LogP contribution >= 0.6 is 0 Å². The number of nitrogens with zero attached hydrogens (tertiary/aromatic N) is 1. The summed E-state index contributed by atoms with van der Waals surface area (Å²) in [6.45, 7) is 2.36. The van der Waals surface area contributed by atoms with E-state index in [2.05, 4.69) is 5.32 Å². The molecule has 1 saturated heterocycles. The number of ether oxygens (including phenoxy) is 1. The molecule has 0 spiro atoms. The molecule has 0 aliphatic carbocycles. The second-order valence-corrected chi connectivity index (χ2v) is 8.86. The van der Waals surface area contributed by atoms with E-state index in [4.69, 9.17) is 4.74 Å². The second kappa shape index (κ2) is 7.32. The SMILES string of the molecule is CC(=O)OCC1=C(C(=O)O)N2C(=O)C(NC(=O)c3ccc(C)cc3)[C@H]2S(=O)(=O)C1. The molecule has 1 unspecified atom stereocenters. The van der Waals surface area contributed by atoms with Gasteiger partial charge in [0.1, 0.15) is 18.3 Å². The van der Waals surface area contributed by atoms with Gasteiger partial charge in [-0.25, -0.2) is 13.2 Å². The molecule has 2 aliphatic heterocycles. The maximum absolute atomic E-state index is 12.7. The second-order valence-electron chi connectivity index (χ2n) is 6.76. The Morgan fingerprint density at radius 1 is 1.24 bits per heavy atom. The molecule has 154 valence electrons. The number of sulfone groups is 1. The van der Waals surface area contributed by atoms with E-state index in [1.165, 1.54) is 12.1 Å². The lowest BCUT2D eigenvalue weighted by Crippen LogP contribution is -2.74. The number of carbonyl (C=O) groups is 4. The molecule has 0 bridgehead atoms. The molecule has 2 aliphatic rings. The van der Waals surface area contributed by atoms with E-state index < -0.39 is 63.1 Å². The highest BCUT2D eigenvalue weighted by atomic mass is 32.2. The fourth-order valence-corrected chi connectivity index (χ4v) is 5.26. The van der Waals surface area contributed by atoms with Crippen LogP contribution in [0.5, 0.6) is 0 Å². The zero-order valence-electron chi connectivity index (χ0n) is 15.5. The highest BCUT2D eigenvalue weighted by Crippen LogP contribution is 2.37. The van der Waals surface area contributed by atoms with Crippen molar-refractivity contribution in [1.29, 1.82) is 0 Å². The third-order valence-electron chi connectivity index (χ3n) is 4.61. The van der Waals surface area contributed by atoms with Gasteiger partial charge in [0, 0.05) is 18.1 Å². The number of benzene rings is 1. The van der Waals surface area contributed by atoms with E-state index >= 15 is 0 Å². The molecular formula is C18H18N2O8S. The van der Waals surface area contributed by atoms with Gasteiger partial charge >= 0.3 is 11.9 Å². The number of hydrogen-bond donors (Lipinski definition) is 2. The number of esters is 1. The summed E-state index contributed by atoms with van der Waals surface area (Å²) in [4.78, 5) is 48.2. The Morgan fingerprint density at radius 2 is 1.86 bits per heavy atom. The highest BCUT2D eigenvalue weighted by Gasteiger charge is 2.60. The minimum Gasteiger partial charge on any atom is -0.477 e. The van der Waals surface area contributed by atoms with Gasteiger partial charge < -0.3 is 15.2 Å². The first-order valence-corrected chi connectivity index (χ1v) is 10.3. The van der Waals surface area contributed by atoms with Crippen molar-refractivity contribution in [2.75, 3.05) is 12.4 Å². The lowest BCUT2D eigenvalue weighted by molar-refractivity contribution is -0.149. The first-order valence-electron chi connectivity index (χ1n) is 8.54. The molecule has 11 heteroatoms. The maximum atomic E-state index is 12.7. The van der Waals surface area contributed by atoms with Crippen LogP contribution in [0.25, 0.3) is 0 Å². The molecule has 29 heavy (non-hydrogen) atoms. The molecule has 10 nitrogen and oxygen atoms in total. The number of fused-ring (bicyclic) bond motifs is 1. The molecule has 1 aromatic carbocycles. The number of rotatable bonds is 5. The summed E-state index contributed by atoms with van der Waals surface area (Å²) in [5, 5.41) is 10.3. The summed E-state index contributed by atoms with van der Waals surface area (Å²) in [7, 11) is -4.03. The molecule has 1 fully saturated rings. The van der Waals surface area contributed by atoms with Crippen LogP contribution in [0, 0.1) is 6.92 Å².